The molecule has 0 saturated heterocycles. The van der Waals surface area contributed by atoms with Crippen LogP contribution in [-0.4, -0.2) is 41.5 Å². The predicted octanol–water partition coefficient (Wildman–Crippen LogP) is 6.27. The van der Waals surface area contributed by atoms with Crippen LogP contribution in [0.2, 0.25) is 0 Å². The Labute approximate surface area is 215 Å². The number of aromatic amines is 2. The van der Waals surface area contributed by atoms with Crippen LogP contribution in [0.4, 0.5) is 10.1 Å². The van der Waals surface area contributed by atoms with Crippen molar-refractivity contribution in [2.75, 3.05) is 5.32 Å². The molecule has 10 heteroatoms. The molecule has 8 nitrogen and oxygen atoms in total. The van der Waals surface area contributed by atoms with Gasteiger partial charge in [0.25, 0.3) is 0 Å². The third-order valence-corrected chi connectivity index (χ3v) is 7.20. The van der Waals surface area contributed by atoms with Crippen LogP contribution in [0.5, 0.6) is 0 Å². The van der Waals surface area contributed by atoms with Gasteiger partial charge in [-0.05, 0) is 43.7 Å². The van der Waals surface area contributed by atoms with Crippen LogP contribution in [0.3, 0.4) is 0 Å². The Hall–Kier alpha value is -4.15. The Morgan fingerprint density at radius 3 is 2.81 bits per heavy atom. The molecule has 6 rings (SSSR count). The minimum absolute atomic E-state index is 0.379. The minimum atomic E-state index is -0.694. The van der Waals surface area contributed by atoms with Crippen molar-refractivity contribution in [2.45, 2.75) is 32.9 Å². The number of imidazole rings is 1. The van der Waals surface area contributed by atoms with Crippen molar-refractivity contribution in [3.8, 4) is 33.2 Å². The highest BCUT2D eigenvalue weighted by Crippen LogP contribution is 2.35. The lowest BCUT2D eigenvalue weighted by atomic mass is 10.0. The monoisotopic (exact) mass is 513 g/mol. The Balaban J connectivity index is 1.43. The maximum absolute atomic E-state index is 15.2. The lowest BCUT2D eigenvalue weighted by molar-refractivity contribution is 0.192. The molecule has 0 amide bonds. The number of aliphatic hydroxyl groups is 1. The molecule has 1 aromatic carbocycles. The van der Waals surface area contributed by atoms with Gasteiger partial charge in [-0.25, -0.2) is 9.37 Å². The molecule has 4 N–H and O–H groups in total. The Bertz CT molecular complexity index is 1740. The molecule has 0 bridgehead atoms. The number of pyridine rings is 2. The maximum atomic E-state index is 15.2. The number of halogens is 1. The van der Waals surface area contributed by atoms with E-state index in [1.54, 1.807) is 42.1 Å². The van der Waals surface area contributed by atoms with E-state index in [0.717, 1.165) is 33.4 Å². The van der Waals surface area contributed by atoms with Crippen molar-refractivity contribution in [3.05, 3.63) is 65.7 Å². The van der Waals surface area contributed by atoms with Crippen molar-refractivity contribution in [1.29, 1.82) is 0 Å². The van der Waals surface area contributed by atoms with Gasteiger partial charge >= 0.3 is 0 Å². The number of benzene rings is 1. The van der Waals surface area contributed by atoms with Crippen molar-refractivity contribution in [1.82, 2.24) is 30.1 Å². The number of thiophene rings is 1. The van der Waals surface area contributed by atoms with Gasteiger partial charge in [-0.3, -0.25) is 15.1 Å². The smallest absolute Gasteiger partial charge is 0.159 e. The predicted molar refractivity (Wildman–Crippen MR) is 145 cm³/mol. The third-order valence-electron chi connectivity index (χ3n) is 6.19. The summed E-state index contributed by atoms with van der Waals surface area (Å²) < 4.78 is 15.2. The second-order valence-corrected chi connectivity index (χ2v) is 10.2. The number of H-pyrrole nitrogens is 2. The van der Waals surface area contributed by atoms with Gasteiger partial charge in [0.1, 0.15) is 28.9 Å². The lowest BCUT2D eigenvalue weighted by Gasteiger charge is -2.14. The van der Waals surface area contributed by atoms with Crippen molar-refractivity contribution in [3.63, 3.8) is 0 Å². The number of fused-ring (bicyclic) bond motifs is 2. The average Bonchev–Trinajstić information content (AvgIpc) is 3.61. The van der Waals surface area contributed by atoms with Crippen molar-refractivity contribution < 1.29 is 9.50 Å². The first-order chi connectivity index (χ1) is 18.0. The molecule has 186 valence electrons. The highest BCUT2D eigenvalue weighted by Gasteiger charge is 2.19. The zero-order valence-electron chi connectivity index (χ0n) is 20.2. The fourth-order valence-corrected chi connectivity index (χ4v) is 5.30. The molecule has 0 saturated carbocycles. The summed E-state index contributed by atoms with van der Waals surface area (Å²) >= 11 is 1.67. The molecule has 0 spiro atoms. The van der Waals surface area contributed by atoms with Gasteiger partial charge in [-0.1, -0.05) is 13.3 Å². The first kappa shape index (κ1) is 23.3. The van der Waals surface area contributed by atoms with Gasteiger partial charge in [0.2, 0.25) is 0 Å². The molecular weight excluding hydrogens is 489 g/mol. The SMILES string of the molecule is CCCC(O)Nc1cncc(-c2cc3c(-c4nc5c(-c6ccc(C)s6)nccc5[nH]4)n[nH]c3cc2F)c1. The zero-order valence-corrected chi connectivity index (χ0v) is 21.0. The summed E-state index contributed by atoms with van der Waals surface area (Å²) in [6, 6.07) is 11.0. The fourth-order valence-electron chi connectivity index (χ4n) is 4.43. The number of aliphatic hydroxyl groups excluding tert-OH is 1. The number of rotatable bonds is 7. The van der Waals surface area contributed by atoms with E-state index < -0.39 is 12.0 Å². The van der Waals surface area contributed by atoms with Gasteiger partial charge in [0.15, 0.2) is 5.82 Å². The second-order valence-electron chi connectivity index (χ2n) is 8.91. The van der Waals surface area contributed by atoms with E-state index in [2.05, 4.69) is 43.5 Å². The first-order valence-corrected chi connectivity index (χ1v) is 12.8. The lowest BCUT2D eigenvalue weighted by Crippen LogP contribution is -2.18. The molecule has 5 aromatic heterocycles. The number of nitrogens with zero attached hydrogens (tertiary/aromatic N) is 4. The minimum Gasteiger partial charge on any atom is -0.374 e. The van der Waals surface area contributed by atoms with E-state index in [1.165, 1.54) is 10.9 Å². The van der Waals surface area contributed by atoms with Crippen LogP contribution in [0.25, 0.3) is 55.2 Å². The summed E-state index contributed by atoms with van der Waals surface area (Å²) in [6.07, 6.45) is 5.71. The average molecular weight is 514 g/mol. The fraction of sp³-hybridized carbons (Fsp3) is 0.185. The second kappa shape index (κ2) is 9.38. The van der Waals surface area contributed by atoms with Crippen LogP contribution in [0, 0.1) is 12.7 Å². The Kier molecular flexibility index (Phi) is 5.90. The Morgan fingerprint density at radius 2 is 2.00 bits per heavy atom. The van der Waals surface area contributed by atoms with E-state index in [9.17, 15) is 5.11 Å². The quantitative estimate of drug-likeness (QED) is 0.187. The molecule has 0 aliphatic carbocycles. The summed E-state index contributed by atoms with van der Waals surface area (Å²) in [4.78, 5) is 19.3. The highest BCUT2D eigenvalue weighted by molar-refractivity contribution is 7.15. The van der Waals surface area contributed by atoms with Crippen LogP contribution < -0.4 is 5.32 Å². The highest BCUT2D eigenvalue weighted by atomic mass is 32.1. The van der Waals surface area contributed by atoms with Gasteiger partial charge in [-0.15, -0.1) is 11.3 Å². The summed E-state index contributed by atoms with van der Waals surface area (Å²) in [5, 5.41) is 21.2. The third kappa shape index (κ3) is 4.34. The van der Waals surface area contributed by atoms with Gasteiger partial charge in [0, 0.05) is 39.9 Å². The normalized spacial score (nSPS) is 12.4. The molecule has 0 aliphatic rings. The van der Waals surface area contributed by atoms with E-state index in [1.807, 2.05) is 19.1 Å². The van der Waals surface area contributed by atoms with Crippen molar-refractivity contribution >= 4 is 39.0 Å². The van der Waals surface area contributed by atoms with Gasteiger partial charge in [0.05, 0.1) is 27.8 Å². The van der Waals surface area contributed by atoms with Crippen LogP contribution >= 0.6 is 11.3 Å². The number of aryl methyl sites for hydroxylation is 1. The molecule has 37 heavy (non-hydrogen) atoms. The summed E-state index contributed by atoms with van der Waals surface area (Å²) in [7, 11) is 0. The number of hydrogen-bond donors (Lipinski definition) is 4. The summed E-state index contributed by atoms with van der Waals surface area (Å²) in [5.74, 6) is 0.164. The number of aromatic nitrogens is 6. The van der Waals surface area contributed by atoms with E-state index in [4.69, 9.17) is 4.98 Å². The molecule has 6 aromatic rings. The molecule has 0 aliphatic heterocycles. The zero-order chi connectivity index (χ0) is 25.5. The topological polar surface area (TPSA) is 115 Å². The standard InChI is InChI=1S/C27H24FN7OS/c1-3-4-23(36)31-16-9-15(12-29-13-16)17-10-18-21(11-19(17)28)34-35-24(18)27-32-20-7-8-30-26(25(20)33-27)22-6-5-14(2)37-22/h5-13,23,31,36H,3-4H2,1-2H3,(H,32,33)(H,34,35). The van der Waals surface area contributed by atoms with E-state index in [-0.39, 0.29) is 0 Å². The first-order valence-electron chi connectivity index (χ1n) is 12.0. The van der Waals surface area contributed by atoms with Crippen LogP contribution in [0.1, 0.15) is 24.6 Å². The molecular formula is C27H24FN7OS. The summed E-state index contributed by atoms with van der Waals surface area (Å²) in [5.41, 5.74) is 5.14. The number of anilines is 1. The largest absolute Gasteiger partial charge is 0.374 e. The maximum Gasteiger partial charge on any atom is 0.159 e. The molecule has 5 heterocycles. The van der Waals surface area contributed by atoms with E-state index >= 15 is 4.39 Å². The van der Waals surface area contributed by atoms with Crippen molar-refractivity contribution in [2.24, 2.45) is 0 Å². The van der Waals surface area contributed by atoms with E-state index in [0.29, 0.717) is 40.3 Å². The Morgan fingerprint density at radius 1 is 1.11 bits per heavy atom. The number of hydrogen-bond acceptors (Lipinski definition) is 7. The van der Waals surface area contributed by atoms with Crippen LogP contribution in [0.15, 0.2) is 55.0 Å². The molecule has 1 unspecified atom stereocenters. The van der Waals surface area contributed by atoms with Gasteiger partial charge < -0.3 is 15.4 Å². The van der Waals surface area contributed by atoms with Gasteiger partial charge in [-0.2, -0.15) is 5.10 Å². The van der Waals surface area contributed by atoms with Crippen LogP contribution in [-0.2, 0) is 0 Å². The molecule has 0 fully saturated rings. The summed E-state index contributed by atoms with van der Waals surface area (Å²) in [6.45, 7) is 4.06. The molecule has 1 atom stereocenters. The number of nitrogens with one attached hydrogen (secondary N) is 3. The molecule has 0 radical (unpaired) electrons.